The SMILES string of the molecule is CCOc1cc(/C=C(/C#N)C(=O)Nc2cc(Cl)ccc2Cl)ccc1OC. The van der Waals surface area contributed by atoms with E-state index in [2.05, 4.69) is 5.32 Å². The van der Waals surface area contributed by atoms with Crippen molar-refractivity contribution < 1.29 is 14.3 Å². The molecule has 0 unspecified atom stereocenters. The summed E-state index contributed by atoms with van der Waals surface area (Å²) >= 11 is 11.9. The van der Waals surface area contributed by atoms with E-state index in [1.807, 2.05) is 13.0 Å². The summed E-state index contributed by atoms with van der Waals surface area (Å²) in [4.78, 5) is 12.4. The summed E-state index contributed by atoms with van der Waals surface area (Å²) in [5, 5.41) is 12.7. The number of nitriles is 1. The fourth-order valence-electron chi connectivity index (χ4n) is 2.15. The lowest BCUT2D eigenvalue weighted by Gasteiger charge is -2.10. The van der Waals surface area contributed by atoms with Crippen LogP contribution in [0, 0.1) is 11.3 Å². The van der Waals surface area contributed by atoms with Crippen molar-refractivity contribution in [1.82, 2.24) is 0 Å². The monoisotopic (exact) mass is 390 g/mol. The second-order valence-corrected chi connectivity index (χ2v) is 5.94. The number of benzene rings is 2. The first-order valence-electron chi connectivity index (χ1n) is 7.67. The largest absolute Gasteiger partial charge is 0.493 e. The van der Waals surface area contributed by atoms with Gasteiger partial charge in [0.15, 0.2) is 11.5 Å². The molecule has 0 saturated heterocycles. The van der Waals surface area contributed by atoms with Crippen molar-refractivity contribution in [2.45, 2.75) is 6.92 Å². The van der Waals surface area contributed by atoms with Gasteiger partial charge in [-0.25, -0.2) is 0 Å². The quantitative estimate of drug-likeness (QED) is 0.559. The third-order valence-electron chi connectivity index (χ3n) is 3.34. The van der Waals surface area contributed by atoms with Crippen LogP contribution in [0.25, 0.3) is 6.08 Å². The topological polar surface area (TPSA) is 71.3 Å². The Kier molecular flexibility index (Phi) is 6.90. The molecule has 1 amide bonds. The molecule has 2 aromatic rings. The van der Waals surface area contributed by atoms with Crippen molar-refractivity contribution in [2.75, 3.05) is 19.0 Å². The predicted molar refractivity (Wildman–Crippen MR) is 103 cm³/mol. The van der Waals surface area contributed by atoms with Gasteiger partial charge in [-0.15, -0.1) is 0 Å². The van der Waals surface area contributed by atoms with Crippen LogP contribution in [0.5, 0.6) is 11.5 Å². The Bertz CT molecular complexity index is 889. The molecule has 0 aliphatic carbocycles. The van der Waals surface area contributed by atoms with Gasteiger partial charge in [-0.2, -0.15) is 5.26 Å². The number of carbonyl (C=O) groups is 1. The highest BCUT2D eigenvalue weighted by Crippen LogP contribution is 2.29. The maximum atomic E-state index is 12.4. The average Bonchev–Trinajstić information content (AvgIpc) is 2.63. The molecule has 0 aliphatic rings. The molecule has 0 bridgehead atoms. The Morgan fingerprint density at radius 2 is 2.00 bits per heavy atom. The van der Waals surface area contributed by atoms with Crippen molar-refractivity contribution in [3.8, 4) is 17.6 Å². The van der Waals surface area contributed by atoms with Crippen LogP contribution in [0.3, 0.4) is 0 Å². The first-order chi connectivity index (χ1) is 12.5. The number of nitrogens with zero attached hydrogens (tertiary/aromatic N) is 1. The fourth-order valence-corrected chi connectivity index (χ4v) is 2.49. The van der Waals surface area contributed by atoms with Crippen LogP contribution < -0.4 is 14.8 Å². The van der Waals surface area contributed by atoms with Gasteiger partial charge in [-0.3, -0.25) is 4.79 Å². The summed E-state index contributed by atoms with van der Waals surface area (Å²) in [6.45, 7) is 2.31. The highest BCUT2D eigenvalue weighted by atomic mass is 35.5. The lowest BCUT2D eigenvalue weighted by atomic mass is 10.1. The Balaban J connectivity index is 2.29. The zero-order chi connectivity index (χ0) is 19.1. The Morgan fingerprint density at radius 3 is 2.65 bits per heavy atom. The molecule has 1 N–H and O–H groups in total. The summed E-state index contributed by atoms with van der Waals surface area (Å²) in [5.74, 6) is 0.502. The maximum Gasteiger partial charge on any atom is 0.266 e. The number of anilines is 1. The van der Waals surface area contributed by atoms with E-state index >= 15 is 0 Å². The molecule has 26 heavy (non-hydrogen) atoms. The van der Waals surface area contributed by atoms with Gasteiger partial charge in [0, 0.05) is 5.02 Å². The zero-order valence-corrected chi connectivity index (χ0v) is 15.7. The average molecular weight is 391 g/mol. The van der Waals surface area contributed by atoms with Crippen LogP contribution in [-0.4, -0.2) is 19.6 Å². The number of halogens is 2. The molecule has 5 nitrogen and oxygen atoms in total. The maximum absolute atomic E-state index is 12.4. The van der Waals surface area contributed by atoms with Gasteiger partial charge in [-0.1, -0.05) is 29.3 Å². The molecule has 0 aromatic heterocycles. The Labute approximate surface area is 161 Å². The van der Waals surface area contributed by atoms with Crippen molar-refractivity contribution in [3.63, 3.8) is 0 Å². The summed E-state index contributed by atoms with van der Waals surface area (Å²) in [5.41, 5.74) is 0.863. The lowest BCUT2D eigenvalue weighted by Crippen LogP contribution is -2.13. The summed E-state index contributed by atoms with van der Waals surface area (Å²) in [7, 11) is 1.54. The predicted octanol–water partition coefficient (Wildman–Crippen LogP) is 4.95. The number of hydrogen-bond acceptors (Lipinski definition) is 4. The molecule has 0 fully saturated rings. The highest BCUT2D eigenvalue weighted by molar-refractivity contribution is 6.36. The smallest absolute Gasteiger partial charge is 0.266 e. The molecule has 0 atom stereocenters. The van der Waals surface area contributed by atoms with Crippen LogP contribution >= 0.6 is 23.2 Å². The van der Waals surface area contributed by atoms with E-state index in [0.29, 0.717) is 39.4 Å². The fraction of sp³-hybridized carbons (Fsp3) is 0.158. The van der Waals surface area contributed by atoms with Gasteiger partial charge in [-0.05, 0) is 48.9 Å². The minimum atomic E-state index is -0.592. The molecule has 134 valence electrons. The highest BCUT2D eigenvalue weighted by Gasteiger charge is 2.13. The van der Waals surface area contributed by atoms with Crippen molar-refractivity contribution >= 4 is 40.9 Å². The van der Waals surface area contributed by atoms with E-state index in [1.165, 1.54) is 19.3 Å². The first-order valence-corrected chi connectivity index (χ1v) is 8.43. The van der Waals surface area contributed by atoms with E-state index < -0.39 is 5.91 Å². The summed E-state index contributed by atoms with van der Waals surface area (Å²) in [6.07, 6.45) is 1.45. The van der Waals surface area contributed by atoms with Gasteiger partial charge < -0.3 is 14.8 Å². The van der Waals surface area contributed by atoms with E-state index in [-0.39, 0.29) is 5.57 Å². The number of methoxy groups -OCH3 is 1. The van der Waals surface area contributed by atoms with Gasteiger partial charge in [0.1, 0.15) is 11.6 Å². The van der Waals surface area contributed by atoms with Crippen molar-refractivity contribution in [2.24, 2.45) is 0 Å². The lowest BCUT2D eigenvalue weighted by molar-refractivity contribution is -0.112. The number of hydrogen-bond donors (Lipinski definition) is 1. The molecule has 0 aliphatic heterocycles. The number of nitrogens with one attached hydrogen (secondary N) is 1. The Hall–Kier alpha value is -2.68. The molecule has 0 heterocycles. The first kappa shape index (κ1) is 19.6. The third-order valence-corrected chi connectivity index (χ3v) is 3.90. The molecule has 0 spiro atoms. The van der Waals surface area contributed by atoms with E-state index in [9.17, 15) is 10.1 Å². The van der Waals surface area contributed by atoms with E-state index in [0.717, 1.165) is 0 Å². The van der Waals surface area contributed by atoms with Crippen LogP contribution in [0.15, 0.2) is 42.0 Å². The molecule has 2 aromatic carbocycles. The molecular weight excluding hydrogens is 375 g/mol. The summed E-state index contributed by atoms with van der Waals surface area (Å²) in [6, 6.07) is 11.7. The standard InChI is InChI=1S/C19H16Cl2N2O3/c1-3-26-18-9-12(4-7-17(18)25-2)8-13(11-22)19(24)23-16-10-14(20)5-6-15(16)21/h4-10H,3H2,1-2H3,(H,23,24)/b13-8-. The van der Waals surface area contributed by atoms with Crippen molar-refractivity contribution in [1.29, 1.82) is 5.26 Å². The second-order valence-electron chi connectivity index (χ2n) is 5.09. The minimum Gasteiger partial charge on any atom is -0.493 e. The second kappa shape index (κ2) is 9.14. The van der Waals surface area contributed by atoms with Crippen LogP contribution in [-0.2, 0) is 4.79 Å². The van der Waals surface area contributed by atoms with E-state index in [4.69, 9.17) is 32.7 Å². The van der Waals surface area contributed by atoms with Gasteiger partial charge >= 0.3 is 0 Å². The minimum absolute atomic E-state index is 0.0892. The van der Waals surface area contributed by atoms with Crippen LogP contribution in [0.1, 0.15) is 12.5 Å². The van der Waals surface area contributed by atoms with Crippen molar-refractivity contribution in [3.05, 3.63) is 57.6 Å². The van der Waals surface area contributed by atoms with Crippen LogP contribution in [0.2, 0.25) is 10.0 Å². The molecule has 0 saturated carbocycles. The van der Waals surface area contributed by atoms with Crippen LogP contribution in [0.4, 0.5) is 5.69 Å². The number of ether oxygens (including phenoxy) is 2. The number of amides is 1. The zero-order valence-electron chi connectivity index (χ0n) is 14.2. The molecule has 2 rings (SSSR count). The third kappa shape index (κ3) is 4.92. The summed E-state index contributed by atoms with van der Waals surface area (Å²) < 4.78 is 10.7. The van der Waals surface area contributed by atoms with Gasteiger partial charge in [0.05, 0.1) is 24.4 Å². The molecule has 0 radical (unpaired) electrons. The van der Waals surface area contributed by atoms with E-state index in [1.54, 1.807) is 30.3 Å². The molecule has 7 heteroatoms. The normalized spacial score (nSPS) is 10.8. The number of rotatable bonds is 6. The van der Waals surface area contributed by atoms with Gasteiger partial charge in [0.2, 0.25) is 0 Å². The Morgan fingerprint density at radius 1 is 1.23 bits per heavy atom. The van der Waals surface area contributed by atoms with Gasteiger partial charge in [0.25, 0.3) is 5.91 Å². The molecular formula is C19H16Cl2N2O3. The number of carbonyl (C=O) groups excluding carboxylic acids is 1.